The van der Waals surface area contributed by atoms with Crippen LogP contribution in [-0.2, 0) is 4.74 Å². The molecule has 104 valence electrons. The van der Waals surface area contributed by atoms with Crippen LogP contribution in [0.1, 0.15) is 0 Å². The van der Waals surface area contributed by atoms with Crippen LogP contribution in [-0.4, -0.2) is 31.3 Å². The minimum absolute atomic E-state index is 0.597. The number of nitrogens with two attached hydrogens (primary N) is 2. The molecule has 4 N–H and O–H groups in total. The van der Waals surface area contributed by atoms with Gasteiger partial charge in [0, 0.05) is 30.4 Å². The number of ether oxygens (including phenoxy) is 1. The summed E-state index contributed by atoms with van der Waals surface area (Å²) in [5, 5.41) is 0. The first-order valence-electron chi connectivity index (χ1n) is 6.69. The minimum atomic E-state index is 0.597. The molecule has 2 aromatic rings. The Hall–Kier alpha value is -2.27. The smallest absolute Gasteiger partial charge is 0.128 e. The molecule has 0 saturated carbocycles. The van der Waals surface area contributed by atoms with E-state index in [0.29, 0.717) is 11.4 Å². The molecule has 5 heteroatoms. The van der Waals surface area contributed by atoms with Crippen LogP contribution in [0.5, 0.6) is 0 Å². The zero-order valence-corrected chi connectivity index (χ0v) is 11.2. The lowest BCUT2D eigenvalue weighted by Crippen LogP contribution is -2.36. The van der Waals surface area contributed by atoms with Gasteiger partial charge in [0.1, 0.15) is 5.82 Å². The Morgan fingerprint density at radius 1 is 1.05 bits per heavy atom. The number of rotatable bonds is 2. The number of nitrogen functional groups attached to an aromatic ring is 2. The summed E-state index contributed by atoms with van der Waals surface area (Å²) in [7, 11) is 0. The van der Waals surface area contributed by atoms with Crippen LogP contribution in [0.3, 0.4) is 0 Å². The largest absolute Gasteiger partial charge is 0.397 e. The second-order valence-electron chi connectivity index (χ2n) is 4.81. The molecule has 1 saturated heterocycles. The fourth-order valence-electron chi connectivity index (χ4n) is 2.36. The van der Waals surface area contributed by atoms with Crippen molar-refractivity contribution in [1.29, 1.82) is 0 Å². The summed E-state index contributed by atoms with van der Waals surface area (Å²) in [6.45, 7) is 3.27. The van der Waals surface area contributed by atoms with E-state index in [0.717, 1.165) is 43.2 Å². The van der Waals surface area contributed by atoms with E-state index in [9.17, 15) is 0 Å². The molecule has 20 heavy (non-hydrogen) atoms. The third kappa shape index (κ3) is 2.40. The summed E-state index contributed by atoms with van der Waals surface area (Å²) in [5.41, 5.74) is 15.0. The molecular weight excluding hydrogens is 252 g/mol. The van der Waals surface area contributed by atoms with E-state index in [-0.39, 0.29) is 0 Å². The Labute approximate surface area is 118 Å². The van der Waals surface area contributed by atoms with E-state index < -0.39 is 0 Å². The molecule has 0 radical (unpaired) electrons. The normalized spacial score (nSPS) is 15.3. The highest BCUT2D eigenvalue weighted by Gasteiger charge is 2.12. The number of hydrogen-bond donors (Lipinski definition) is 2. The number of nitrogens with zero attached hydrogens (tertiary/aromatic N) is 2. The van der Waals surface area contributed by atoms with E-state index in [1.165, 1.54) is 0 Å². The van der Waals surface area contributed by atoms with E-state index in [1.807, 2.05) is 30.5 Å². The SMILES string of the molecule is Nc1cccc(-c2ccc(N3CCOCC3)nc2)c1N. The van der Waals surface area contributed by atoms with Crippen molar-refractivity contribution in [2.75, 3.05) is 42.7 Å². The quantitative estimate of drug-likeness (QED) is 0.813. The van der Waals surface area contributed by atoms with Crippen LogP contribution in [0.4, 0.5) is 17.2 Å². The molecule has 0 atom stereocenters. The third-order valence-corrected chi connectivity index (χ3v) is 3.53. The number of aromatic nitrogens is 1. The Bertz CT molecular complexity index is 591. The lowest BCUT2D eigenvalue weighted by atomic mass is 10.0. The maximum absolute atomic E-state index is 6.02. The van der Waals surface area contributed by atoms with Crippen molar-refractivity contribution < 1.29 is 4.74 Å². The molecule has 0 amide bonds. The lowest BCUT2D eigenvalue weighted by molar-refractivity contribution is 0.122. The van der Waals surface area contributed by atoms with Gasteiger partial charge in [-0.2, -0.15) is 0 Å². The average Bonchev–Trinajstić information content (AvgIpc) is 2.51. The highest BCUT2D eigenvalue weighted by Crippen LogP contribution is 2.30. The molecule has 3 rings (SSSR count). The summed E-state index contributed by atoms with van der Waals surface area (Å²) in [6, 6.07) is 9.70. The summed E-state index contributed by atoms with van der Waals surface area (Å²) >= 11 is 0. The molecule has 0 bridgehead atoms. The molecule has 5 nitrogen and oxygen atoms in total. The molecule has 1 aliphatic rings. The topological polar surface area (TPSA) is 77.4 Å². The first kappa shape index (κ1) is 12.7. The van der Waals surface area contributed by atoms with Gasteiger partial charge in [0.25, 0.3) is 0 Å². The van der Waals surface area contributed by atoms with E-state index in [4.69, 9.17) is 16.2 Å². The summed E-state index contributed by atoms with van der Waals surface area (Å²) in [4.78, 5) is 6.74. The first-order chi connectivity index (χ1) is 9.75. The van der Waals surface area contributed by atoms with Crippen LogP contribution in [0.25, 0.3) is 11.1 Å². The Morgan fingerprint density at radius 2 is 1.85 bits per heavy atom. The Kier molecular flexibility index (Phi) is 3.43. The monoisotopic (exact) mass is 270 g/mol. The minimum Gasteiger partial charge on any atom is -0.397 e. The molecule has 0 aliphatic carbocycles. The molecule has 1 aliphatic heterocycles. The fraction of sp³-hybridized carbons (Fsp3) is 0.267. The van der Waals surface area contributed by atoms with Crippen molar-refractivity contribution >= 4 is 17.2 Å². The number of morpholine rings is 1. The molecule has 1 fully saturated rings. The van der Waals surface area contributed by atoms with Gasteiger partial charge in [-0.15, -0.1) is 0 Å². The number of hydrogen-bond acceptors (Lipinski definition) is 5. The van der Waals surface area contributed by atoms with Gasteiger partial charge in [0.2, 0.25) is 0 Å². The highest BCUT2D eigenvalue weighted by atomic mass is 16.5. The summed E-state index contributed by atoms with van der Waals surface area (Å²) < 4.78 is 5.34. The maximum Gasteiger partial charge on any atom is 0.128 e. The van der Waals surface area contributed by atoms with Crippen LogP contribution >= 0.6 is 0 Å². The van der Waals surface area contributed by atoms with Crippen molar-refractivity contribution in [2.24, 2.45) is 0 Å². The molecule has 1 aromatic carbocycles. The van der Waals surface area contributed by atoms with Gasteiger partial charge in [-0.1, -0.05) is 12.1 Å². The molecule has 0 spiro atoms. The number of para-hydroxylation sites is 1. The van der Waals surface area contributed by atoms with Crippen LogP contribution in [0, 0.1) is 0 Å². The molecule has 1 aromatic heterocycles. The van der Waals surface area contributed by atoms with Gasteiger partial charge in [-0.05, 0) is 18.2 Å². The van der Waals surface area contributed by atoms with Gasteiger partial charge in [0.15, 0.2) is 0 Å². The first-order valence-corrected chi connectivity index (χ1v) is 6.69. The average molecular weight is 270 g/mol. The predicted octanol–water partition coefficient (Wildman–Crippen LogP) is 1.75. The summed E-state index contributed by atoms with van der Waals surface area (Å²) in [6.07, 6.45) is 1.84. The van der Waals surface area contributed by atoms with Gasteiger partial charge in [0.05, 0.1) is 24.6 Å². The van der Waals surface area contributed by atoms with Gasteiger partial charge in [-0.3, -0.25) is 0 Å². The second kappa shape index (κ2) is 5.38. The van der Waals surface area contributed by atoms with Crippen molar-refractivity contribution in [1.82, 2.24) is 4.98 Å². The molecule has 0 unspecified atom stereocenters. The number of benzene rings is 1. The number of anilines is 3. The van der Waals surface area contributed by atoms with E-state index in [2.05, 4.69) is 9.88 Å². The van der Waals surface area contributed by atoms with Gasteiger partial charge < -0.3 is 21.1 Å². The standard InChI is InChI=1S/C15H18N4O/c16-13-3-1-2-12(15(13)17)11-4-5-14(18-10-11)19-6-8-20-9-7-19/h1-5,10H,6-9,16-17H2. The fourth-order valence-corrected chi connectivity index (χ4v) is 2.36. The van der Waals surface area contributed by atoms with Crippen molar-refractivity contribution in [2.45, 2.75) is 0 Å². The third-order valence-electron chi connectivity index (χ3n) is 3.53. The Balaban J connectivity index is 1.87. The van der Waals surface area contributed by atoms with Crippen molar-refractivity contribution in [3.63, 3.8) is 0 Å². The number of pyridine rings is 1. The van der Waals surface area contributed by atoms with Gasteiger partial charge >= 0.3 is 0 Å². The van der Waals surface area contributed by atoms with E-state index in [1.54, 1.807) is 6.07 Å². The predicted molar refractivity (Wildman–Crippen MR) is 81.5 cm³/mol. The highest BCUT2D eigenvalue weighted by molar-refractivity contribution is 5.84. The van der Waals surface area contributed by atoms with Crippen LogP contribution < -0.4 is 16.4 Å². The second-order valence-corrected chi connectivity index (χ2v) is 4.81. The zero-order chi connectivity index (χ0) is 13.9. The van der Waals surface area contributed by atoms with Crippen molar-refractivity contribution in [3.8, 4) is 11.1 Å². The van der Waals surface area contributed by atoms with Crippen LogP contribution in [0.2, 0.25) is 0 Å². The van der Waals surface area contributed by atoms with Crippen molar-refractivity contribution in [3.05, 3.63) is 36.5 Å². The lowest BCUT2D eigenvalue weighted by Gasteiger charge is -2.27. The van der Waals surface area contributed by atoms with Crippen LogP contribution in [0.15, 0.2) is 36.5 Å². The molecular formula is C15H18N4O. The van der Waals surface area contributed by atoms with Gasteiger partial charge in [-0.25, -0.2) is 4.98 Å². The maximum atomic E-state index is 6.02. The zero-order valence-electron chi connectivity index (χ0n) is 11.2. The molecule has 2 heterocycles. The Morgan fingerprint density at radius 3 is 2.55 bits per heavy atom. The van der Waals surface area contributed by atoms with E-state index >= 15 is 0 Å². The summed E-state index contributed by atoms with van der Waals surface area (Å²) in [5.74, 6) is 0.972.